The maximum Gasteiger partial charge on any atom is 0.186 e. The first-order valence-electron chi connectivity index (χ1n) is 18.2. The standard InChI is InChI=1S/C47H39N5/c1-47(35-18-8-4-9-19-35)49-45(32-16-6-3-7-17-32)48-46(50(47)2)52-42-25-15-13-23-38(42)40-31-34(27-29-44(40)52)33-26-28-43-39(30-33)37-22-12-14-24-41(37)51(43)36-20-10-5-11-21-36/h3-26,28,30-31,46H,27,29H2,1-2H3,(H,48,49). The van der Waals surface area contributed by atoms with Gasteiger partial charge in [0.25, 0.3) is 0 Å². The van der Waals surface area contributed by atoms with Gasteiger partial charge in [-0.05, 0) is 86.0 Å². The average molecular weight is 674 g/mol. The van der Waals surface area contributed by atoms with Crippen molar-refractivity contribution in [3.05, 3.63) is 186 Å². The Bertz CT molecular complexity index is 2680. The summed E-state index contributed by atoms with van der Waals surface area (Å²) >= 11 is 0. The molecule has 1 aliphatic heterocycles. The third kappa shape index (κ3) is 4.70. The number of amidine groups is 1. The highest BCUT2D eigenvalue weighted by Gasteiger charge is 2.42. The van der Waals surface area contributed by atoms with E-state index in [1.54, 1.807) is 0 Å². The molecule has 252 valence electrons. The molecule has 52 heavy (non-hydrogen) atoms. The predicted molar refractivity (Wildman–Crippen MR) is 216 cm³/mol. The number of fused-ring (bicyclic) bond motifs is 6. The first-order chi connectivity index (χ1) is 25.6. The maximum absolute atomic E-state index is 5.49. The van der Waals surface area contributed by atoms with Gasteiger partial charge in [0.2, 0.25) is 0 Å². The van der Waals surface area contributed by atoms with Crippen molar-refractivity contribution in [1.29, 1.82) is 0 Å². The van der Waals surface area contributed by atoms with Gasteiger partial charge in [0.1, 0.15) is 11.5 Å². The van der Waals surface area contributed by atoms with Crippen LogP contribution in [0.2, 0.25) is 0 Å². The molecule has 2 aromatic heterocycles. The number of hydrogen-bond donors (Lipinski definition) is 1. The number of rotatable bonds is 5. The van der Waals surface area contributed by atoms with Crippen LogP contribution in [0.1, 0.15) is 47.6 Å². The van der Waals surface area contributed by atoms with Crippen molar-refractivity contribution in [2.75, 3.05) is 7.05 Å². The van der Waals surface area contributed by atoms with E-state index in [1.807, 2.05) is 0 Å². The van der Waals surface area contributed by atoms with Gasteiger partial charge in [0, 0.05) is 38.7 Å². The summed E-state index contributed by atoms with van der Waals surface area (Å²) in [4.78, 5) is 7.88. The number of aliphatic imine (C=N–C) groups is 1. The zero-order valence-corrected chi connectivity index (χ0v) is 29.4. The van der Waals surface area contributed by atoms with Gasteiger partial charge >= 0.3 is 0 Å². The van der Waals surface area contributed by atoms with E-state index in [9.17, 15) is 0 Å². The van der Waals surface area contributed by atoms with E-state index >= 15 is 0 Å². The number of nitrogens with zero attached hydrogens (tertiary/aromatic N) is 4. The smallest absolute Gasteiger partial charge is 0.186 e. The zero-order valence-electron chi connectivity index (χ0n) is 29.4. The van der Waals surface area contributed by atoms with E-state index in [2.05, 4.69) is 197 Å². The van der Waals surface area contributed by atoms with E-state index in [4.69, 9.17) is 4.99 Å². The first-order valence-corrected chi connectivity index (χ1v) is 18.2. The minimum absolute atomic E-state index is 0.259. The second-order valence-electron chi connectivity index (χ2n) is 14.2. The second kappa shape index (κ2) is 12.0. The summed E-state index contributed by atoms with van der Waals surface area (Å²) in [5, 5.41) is 7.67. The van der Waals surface area contributed by atoms with Crippen LogP contribution < -0.4 is 5.32 Å². The molecule has 8 aromatic rings. The Kier molecular flexibility index (Phi) is 7.05. The van der Waals surface area contributed by atoms with Crippen molar-refractivity contribution in [2.45, 2.75) is 31.7 Å². The molecule has 0 fully saturated rings. The SMILES string of the molecule is CN1C(n2c3c(c4ccccc42)C=C(c2ccc4c(c2)c2ccccc2n4-c2ccccc2)CC3)N=C(c2ccccc2)NC1(C)c1ccccc1. The Morgan fingerprint density at radius 1 is 0.615 bits per heavy atom. The fourth-order valence-electron chi connectivity index (χ4n) is 8.57. The van der Waals surface area contributed by atoms with Crippen LogP contribution in [-0.4, -0.2) is 26.9 Å². The van der Waals surface area contributed by atoms with E-state index in [-0.39, 0.29) is 6.29 Å². The van der Waals surface area contributed by atoms with Crippen LogP contribution in [-0.2, 0) is 12.1 Å². The van der Waals surface area contributed by atoms with Gasteiger partial charge in [-0.1, -0.05) is 121 Å². The third-order valence-electron chi connectivity index (χ3n) is 11.3. The fourth-order valence-corrected chi connectivity index (χ4v) is 8.57. The van der Waals surface area contributed by atoms with E-state index in [1.165, 1.54) is 66.4 Å². The van der Waals surface area contributed by atoms with Crippen molar-refractivity contribution in [2.24, 2.45) is 4.99 Å². The van der Waals surface area contributed by atoms with Crippen molar-refractivity contribution in [3.63, 3.8) is 0 Å². The van der Waals surface area contributed by atoms with Crippen LogP contribution in [0.4, 0.5) is 0 Å². The Balaban J connectivity index is 1.13. The second-order valence-corrected chi connectivity index (χ2v) is 14.2. The summed E-state index contributed by atoms with van der Waals surface area (Å²) in [6, 6.07) is 56.6. The van der Waals surface area contributed by atoms with E-state index in [0.717, 1.165) is 24.2 Å². The number of nitrogens with one attached hydrogen (secondary N) is 1. The lowest BCUT2D eigenvalue weighted by atomic mass is 9.90. The normalized spacial score (nSPS) is 19.0. The molecule has 2 aliphatic rings. The average Bonchev–Trinajstić information content (AvgIpc) is 3.72. The van der Waals surface area contributed by atoms with Crippen molar-refractivity contribution >= 4 is 50.2 Å². The molecule has 1 N–H and O–H groups in total. The molecular weight excluding hydrogens is 635 g/mol. The molecule has 0 saturated carbocycles. The highest BCUT2D eigenvalue weighted by Crippen LogP contribution is 2.43. The number of benzene rings is 6. The van der Waals surface area contributed by atoms with Gasteiger partial charge < -0.3 is 14.5 Å². The van der Waals surface area contributed by atoms with Crippen molar-refractivity contribution in [3.8, 4) is 5.69 Å². The largest absolute Gasteiger partial charge is 0.348 e. The van der Waals surface area contributed by atoms with Gasteiger partial charge in [-0.25, -0.2) is 9.89 Å². The molecule has 2 unspecified atom stereocenters. The molecule has 5 heteroatoms. The number of hydrogen-bond acceptors (Lipinski definition) is 3. The number of para-hydroxylation sites is 3. The van der Waals surface area contributed by atoms with Crippen LogP contribution in [0.15, 0.2) is 163 Å². The molecule has 6 aromatic carbocycles. The van der Waals surface area contributed by atoms with Crippen LogP contribution in [0.5, 0.6) is 0 Å². The van der Waals surface area contributed by atoms with Crippen molar-refractivity contribution in [1.82, 2.24) is 19.4 Å². The van der Waals surface area contributed by atoms with Crippen LogP contribution >= 0.6 is 0 Å². The molecule has 0 bridgehead atoms. The molecule has 3 heterocycles. The topological polar surface area (TPSA) is 37.5 Å². The first kappa shape index (κ1) is 30.6. The molecule has 0 saturated heterocycles. The van der Waals surface area contributed by atoms with Crippen LogP contribution in [0.3, 0.4) is 0 Å². The maximum atomic E-state index is 5.49. The molecule has 0 amide bonds. The fraction of sp³-hybridized carbons (Fsp3) is 0.128. The Morgan fingerprint density at radius 3 is 2.02 bits per heavy atom. The number of allylic oxidation sites excluding steroid dienone is 1. The summed E-state index contributed by atoms with van der Waals surface area (Å²) < 4.78 is 4.89. The minimum Gasteiger partial charge on any atom is -0.348 e. The Morgan fingerprint density at radius 2 is 1.25 bits per heavy atom. The Labute approximate surface area is 303 Å². The van der Waals surface area contributed by atoms with E-state index in [0.29, 0.717) is 0 Å². The third-order valence-corrected chi connectivity index (χ3v) is 11.3. The zero-order chi connectivity index (χ0) is 34.8. The number of aromatic nitrogens is 2. The van der Waals surface area contributed by atoms with Gasteiger partial charge in [0.05, 0.1) is 16.6 Å². The van der Waals surface area contributed by atoms with Crippen LogP contribution in [0.25, 0.3) is 50.0 Å². The summed E-state index contributed by atoms with van der Waals surface area (Å²) in [6.07, 6.45) is 4.07. The highest BCUT2D eigenvalue weighted by molar-refractivity contribution is 6.10. The molecule has 5 nitrogen and oxygen atoms in total. The summed E-state index contributed by atoms with van der Waals surface area (Å²) in [7, 11) is 2.20. The van der Waals surface area contributed by atoms with Crippen molar-refractivity contribution < 1.29 is 0 Å². The molecule has 1 aliphatic carbocycles. The summed E-state index contributed by atoms with van der Waals surface area (Å²) in [5.74, 6) is 0.900. The molecule has 10 rings (SSSR count). The lowest BCUT2D eigenvalue weighted by Crippen LogP contribution is -2.60. The highest BCUT2D eigenvalue weighted by atomic mass is 15.5. The Hall–Kier alpha value is -6.17. The summed E-state index contributed by atoms with van der Waals surface area (Å²) in [6.45, 7) is 2.27. The molecule has 0 spiro atoms. The minimum atomic E-state index is -0.499. The van der Waals surface area contributed by atoms with Gasteiger partial charge in [-0.3, -0.25) is 0 Å². The van der Waals surface area contributed by atoms with E-state index < -0.39 is 5.66 Å². The predicted octanol–water partition coefficient (Wildman–Crippen LogP) is 10.5. The summed E-state index contributed by atoms with van der Waals surface area (Å²) in [5.41, 5.74) is 11.9. The van der Waals surface area contributed by atoms with Gasteiger partial charge in [0.15, 0.2) is 6.29 Å². The van der Waals surface area contributed by atoms with Gasteiger partial charge in [-0.15, -0.1) is 0 Å². The molecular formula is C47H39N5. The lowest BCUT2D eigenvalue weighted by Gasteiger charge is -2.48. The monoisotopic (exact) mass is 673 g/mol. The molecule has 0 radical (unpaired) electrons. The van der Waals surface area contributed by atoms with Gasteiger partial charge in [-0.2, -0.15) is 0 Å². The molecule has 2 atom stereocenters. The lowest BCUT2D eigenvalue weighted by molar-refractivity contribution is 0.0264. The van der Waals surface area contributed by atoms with Crippen LogP contribution in [0, 0.1) is 0 Å². The quantitative estimate of drug-likeness (QED) is 0.197.